The second kappa shape index (κ2) is 12.3. The second-order valence-corrected chi connectivity index (χ2v) is 11.7. The summed E-state index contributed by atoms with van der Waals surface area (Å²) in [5.41, 5.74) is 4.81. The number of hydrogen-bond donors (Lipinski definition) is 1. The van der Waals surface area contributed by atoms with Gasteiger partial charge >= 0.3 is 0 Å². The van der Waals surface area contributed by atoms with Crippen LogP contribution in [0.5, 0.6) is 0 Å². The highest BCUT2D eigenvalue weighted by Gasteiger charge is 2.42. The average molecular weight is 581 g/mol. The highest BCUT2D eigenvalue weighted by molar-refractivity contribution is 6.42. The van der Waals surface area contributed by atoms with Gasteiger partial charge in [-0.15, -0.1) is 0 Å². The van der Waals surface area contributed by atoms with Crippen molar-refractivity contribution < 1.29 is 14.3 Å². The normalized spacial score (nSPS) is 16.9. The smallest absolute Gasteiger partial charge is 0.253 e. The predicted octanol–water partition coefficient (Wildman–Crippen LogP) is 6.72. The van der Waals surface area contributed by atoms with Gasteiger partial charge in [-0.05, 0) is 78.9 Å². The van der Waals surface area contributed by atoms with E-state index in [0.29, 0.717) is 34.4 Å². The average Bonchev–Trinajstić information content (AvgIpc) is 3.31. The van der Waals surface area contributed by atoms with Crippen molar-refractivity contribution >= 4 is 40.7 Å². The topological polar surface area (TPSA) is 61.9 Å². The van der Waals surface area contributed by atoms with Crippen LogP contribution in [-0.4, -0.2) is 54.8 Å². The molecule has 3 aromatic carbocycles. The van der Waals surface area contributed by atoms with Crippen molar-refractivity contribution in [2.45, 2.75) is 44.3 Å². The van der Waals surface area contributed by atoms with E-state index in [1.54, 1.807) is 29.2 Å². The van der Waals surface area contributed by atoms with Gasteiger partial charge in [0, 0.05) is 50.8 Å². The molecule has 2 heterocycles. The minimum absolute atomic E-state index is 0.0728. The molecule has 210 valence electrons. The van der Waals surface area contributed by atoms with E-state index >= 15 is 0 Å². The van der Waals surface area contributed by atoms with Crippen LogP contribution < -0.4 is 5.32 Å². The van der Waals surface area contributed by atoms with Crippen molar-refractivity contribution in [1.29, 1.82) is 0 Å². The van der Waals surface area contributed by atoms with Crippen molar-refractivity contribution in [3.8, 4) is 0 Å². The molecule has 1 saturated heterocycles. The van der Waals surface area contributed by atoms with Gasteiger partial charge in [-0.2, -0.15) is 0 Å². The van der Waals surface area contributed by atoms with Crippen LogP contribution in [0.15, 0.2) is 66.7 Å². The molecule has 1 N–H and O–H groups in total. The molecule has 0 bridgehead atoms. The highest BCUT2D eigenvalue weighted by Crippen LogP contribution is 2.44. The van der Waals surface area contributed by atoms with Gasteiger partial charge in [-0.3, -0.25) is 9.59 Å². The maximum absolute atomic E-state index is 13.3. The Labute approximate surface area is 246 Å². The first-order valence-electron chi connectivity index (χ1n) is 13.8. The van der Waals surface area contributed by atoms with Gasteiger partial charge in [0.2, 0.25) is 5.91 Å². The molecule has 3 aromatic rings. The zero-order valence-electron chi connectivity index (χ0n) is 23.0. The molecular formula is C32H35Cl2N3O3. The molecule has 8 heteroatoms. The number of anilines is 1. The van der Waals surface area contributed by atoms with Crippen LogP contribution in [-0.2, 0) is 21.7 Å². The summed E-state index contributed by atoms with van der Waals surface area (Å²) in [6.45, 7) is 5.55. The fourth-order valence-corrected chi connectivity index (χ4v) is 6.24. The quantitative estimate of drug-likeness (QED) is 0.322. The van der Waals surface area contributed by atoms with Gasteiger partial charge in [0.25, 0.3) is 5.91 Å². The molecular weight excluding hydrogens is 545 g/mol. The number of amides is 2. The van der Waals surface area contributed by atoms with Crippen LogP contribution in [0.3, 0.4) is 0 Å². The molecule has 1 unspecified atom stereocenters. The molecule has 40 heavy (non-hydrogen) atoms. The minimum atomic E-state index is -0.154. The first-order chi connectivity index (χ1) is 19.2. The summed E-state index contributed by atoms with van der Waals surface area (Å²) in [6.07, 6.45) is 2.84. The first kappa shape index (κ1) is 28.6. The lowest BCUT2D eigenvalue weighted by atomic mass is 9.83. The molecule has 5 rings (SSSR count). The lowest BCUT2D eigenvalue weighted by Gasteiger charge is -2.40. The second-order valence-electron chi connectivity index (χ2n) is 10.9. The number of benzene rings is 3. The third-order valence-corrected chi connectivity index (χ3v) is 8.92. The number of hydrogen-bond acceptors (Lipinski definition) is 4. The van der Waals surface area contributed by atoms with E-state index in [4.69, 9.17) is 27.9 Å². The minimum Gasteiger partial charge on any atom is -0.365 e. The van der Waals surface area contributed by atoms with Gasteiger partial charge in [-0.1, -0.05) is 53.5 Å². The van der Waals surface area contributed by atoms with Crippen molar-refractivity contribution in [1.82, 2.24) is 9.80 Å². The zero-order valence-corrected chi connectivity index (χ0v) is 24.5. The number of nitrogens with zero attached hydrogens (tertiary/aromatic N) is 2. The first-order valence-corrected chi connectivity index (χ1v) is 14.5. The highest BCUT2D eigenvalue weighted by atomic mass is 35.5. The van der Waals surface area contributed by atoms with Crippen molar-refractivity contribution in [2.75, 3.05) is 38.5 Å². The van der Waals surface area contributed by atoms with E-state index in [2.05, 4.69) is 34.5 Å². The molecule has 1 spiro atoms. The molecule has 0 aliphatic carbocycles. The lowest BCUT2D eigenvalue weighted by molar-refractivity contribution is -0.114. The Morgan fingerprint density at radius 2 is 1.75 bits per heavy atom. The number of carbonyl (C=O) groups is 2. The van der Waals surface area contributed by atoms with Crippen molar-refractivity contribution in [3.05, 3.63) is 99.0 Å². The van der Waals surface area contributed by atoms with Crippen molar-refractivity contribution in [2.24, 2.45) is 0 Å². The van der Waals surface area contributed by atoms with E-state index in [1.807, 2.05) is 25.2 Å². The Kier molecular flexibility index (Phi) is 8.81. The Morgan fingerprint density at radius 1 is 1.02 bits per heavy atom. The van der Waals surface area contributed by atoms with E-state index in [0.717, 1.165) is 44.5 Å². The molecule has 1 atom stereocenters. The van der Waals surface area contributed by atoms with Crippen LogP contribution in [0.1, 0.15) is 59.2 Å². The maximum Gasteiger partial charge on any atom is 0.253 e. The standard InChI is InChI=1S/C32H35Cl2N3O3/c1-22(38)35-27-10-7-23(8-11-27)31(39)36(2)20-25(24-9-12-29(33)30(34)19-24)13-16-37-17-14-32(15-18-37)28-6-4-3-5-26(28)21-40-32/h3-12,19,25H,13-18,20-21H2,1-2H3,(H,35,38). The molecule has 2 aliphatic heterocycles. The molecule has 6 nitrogen and oxygen atoms in total. The van der Waals surface area contributed by atoms with Crippen LogP contribution in [0.4, 0.5) is 5.69 Å². The van der Waals surface area contributed by atoms with E-state index in [1.165, 1.54) is 18.1 Å². The molecule has 2 aliphatic rings. The van der Waals surface area contributed by atoms with Crippen LogP contribution >= 0.6 is 23.2 Å². The van der Waals surface area contributed by atoms with Crippen LogP contribution in [0.2, 0.25) is 10.0 Å². The number of rotatable bonds is 8. The lowest BCUT2D eigenvalue weighted by Crippen LogP contribution is -2.43. The SMILES string of the molecule is CC(=O)Nc1ccc(C(=O)N(C)CC(CCN2CCC3(CC2)OCc2ccccc23)c2ccc(Cl)c(Cl)c2)cc1. The number of nitrogens with one attached hydrogen (secondary N) is 1. The summed E-state index contributed by atoms with van der Waals surface area (Å²) < 4.78 is 6.35. The molecule has 0 radical (unpaired) electrons. The van der Waals surface area contributed by atoms with E-state index in [9.17, 15) is 9.59 Å². The number of piperidine rings is 1. The Balaban J connectivity index is 1.24. The largest absolute Gasteiger partial charge is 0.365 e. The zero-order chi connectivity index (χ0) is 28.3. The number of likely N-dealkylation sites (N-methyl/N-ethyl adjacent to an activating group) is 1. The summed E-state index contributed by atoms with van der Waals surface area (Å²) in [5.74, 6) is -0.136. The van der Waals surface area contributed by atoms with Crippen molar-refractivity contribution in [3.63, 3.8) is 0 Å². The number of ether oxygens (including phenoxy) is 1. The van der Waals surface area contributed by atoms with Gasteiger partial charge in [0.1, 0.15) is 0 Å². The number of halogens is 2. The fourth-order valence-electron chi connectivity index (χ4n) is 5.94. The Bertz CT molecular complexity index is 1370. The van der Waals surface area contributed by atoms with Crippen LogP contribution in [0, 0.1) is 0 Å². The monoisotopic (exact) mass is 579 g/mol. The molecule has 2 amide bonds. The number of fused-ring (bicyclic) bond motifs is 2. The molecule has 0 saturated carbocycles. The summed E-state index contributed by atoms with van der Waals surface area (Å²) in [4.78, 5) is 28.9. The van der Waals surface area contributed by atoms with Crippen LogP contribution in [0.25, 0.3) is 0 Å². The predicted molar refractivity (Wildman–Crippen MR) is 160 cm³/mol. The molecule has 0 aromatic heterocycles. The fraction of sp³-hybridized carbons (Fsp3) is 0.375. The molecule has 1 fully saturated rings. The summed E-state index contributed by atoms with van der Waals surface area (Å²) in [5, 5.41) is 3.77. The maximum atomic E-state index is 13.3. The third-order valence-electron chi connectivity index (χ3n) is 8.18. The third kappa shape index (κ3) is 6.36. The number of likely N-dealkylation sites (tertiary alicyclic amines) is 1. The van der Waals surface area contributed by atoms with Gasteiger partial charge in [0.05, 0.1) is 22.3 Å². The summed E-state index contributed by atoms with van der Waals surface area (Å²) in [7, 11) is 1.83. The summed E-state index contributed by atoms with van der Waals surface area (Å²) in [6, 6.07) is 21.3. The van der Waals surface area contributed by atoms with Gasteiger partial charge in [-0.25, -0.2) is 0 Å². The van der Waals surface area contributed by atoms with Gasteiger partial charge < -0.3 is 19.9 Å². The Morgan fingerprint density at radius 3 is 2.45 bits per heavy atom. The summed E-state index contributed by atoms with van der Waals surface area (Å²) >= 11 is 12.6. The number of carbonyl (C=O) groups excluding carboxylic acids is 2. The Hall–Kier alpha value is -2.90. The van der Waals surface area contributed by atoms with E-state index in [-0.39, 0.29) is 23.3 Å². The van der Waals surface area contributed by atoms with E-state index < -0.39 is 0 Å². The van der Waals surface area contributed by atoms with Gasteiger partial charge in [0.15, 0.2) is 0 Å².